The molecular formula is C13H26N2. The van der Waals surface area contributed by atoms with Crippen molar-refractivity contribution in [2.24, 2.45) is 11.8 Å². The zero-order valence-electron chi connectivity index (χ0n) is 10.1. The largest absolute Gasteiger partial charge is 0.316 e. The van der Waals surface area contributed by atoms with Crippen LogP contribution in [-0.4, -0.2) is 25.7 Å². The van der Waals surface area contributed by atoms with Crippen LogP contribution in [0.5, 0.6) is 0 Å². The third kappa shape index (κ3) is 3.46. The molecule has 1 heterocycles. The van der Waals surface area contributed by atoms with E-state index in [0.717, 1.165) is 17.9 Å². The van der Waals surface area contributed by atoms with Gasteiger partial charge in [0.05, 0.1) is 0 Å². The second kappa shape index (κ2) is 5.86. The van der Waals surface area contributed by atoms with Crippen LogP contribution in [0, 0.1) is 11.8 Å². The highest BCUT2D eigenvalue weighted by molar-refractivity contribution is 4.80. The molecule has 2 fully saturated rings. The normalized spacial score (nSPS) is 37.8. The topological polar surface area (TPSA) is 24.1 Å². The van der Waals surface area contributed by atoms with Crippen LogP contribution < -0.4 is 10.6 Å². The van der Waals surface area contributed by atoms with Gasteiger partial charge in [-0.3, -0.25) is 0 Å². The molecule has 1 aliphatic carbocycles. The van der Waals surface area contributed by atoms with Crippen molar-refractivity contribution in [2.75, 3.05) is 19.6 Å². The Morgan fingerprint density at radius 2 is 2.00 bits per heavy atom. The lowest BCUT2D eigenvalue weighted by atomic mass is 9.85. The van der Waals surface area contributed by atoms with E-state index in [9.17, 15) is 0 Å². The van der Waals surface area contributed by atoms with Gasteiger partial charge in [-0.25, -0.2) is 0 Å². The molecule has 0 amide bonds. The summed E-state index contributed by atoms with van der Waals surface area (Å²) in [4.78, 5) is 0. The first-order chi connectivity index (χ1) is 7.36. The minimum atomic E-state index is 0.806. The molecule has 2 heteroatoms. The number of nitrogens with one attached hydrogen (secondary N) is 2. The van der Waals surface area contributed by atoms with Gasteiger partial charge in [-0.1, -0.05) is 19.8 Å². The minimum Gasteiger partial charge on any atom is -0.316 e. The molecule has 2 rings (SSSR count). The highest BCUT2D eigenvalue weighted by Crippen LogP contribution is 2.24. The average molecular weight is 210 g/mol. The smallest absolute Gasteiger partial charge is 0.00928 e. The van der Waals surface area contributed by atoms with Gasteiger partial charge in [-0.15, -0.1) is 0 Å². The molecule has 88 valence electrons. The van der Waals surface area contributed by atoms with Gasteiger partial charge in [0.25, 0.3) is 0 Å². The molecule has 1 saturated heterocycles. The van der Waals surface area contributed by atoms with Crippen molar-refractivity contribution < 1.29 is 0 Å². The van der Waals surface area contributed by atoms with E-state index in [2.05, 4.69) is 17.6 Å². The molecule has 0 bridgehead atoms. The Bertz CT molecular complexity index is 175. The van der Waals surface area contributed by atoms with Crippen LogP contribution >= 0.6 is 0 Å². The fraction of sp³-hybridized carbons (Fsp3) is 1.00. The molecule has 2 nitrogen and oxygen atoms in total. The van der Waals surface area contributed by atoms with Crippen LogP contribution in [-0.2, 0) is 0 Å². The fourth-order valence-corrected chi connectivity index (χ4v) is 3.04. The van der Waals surface area contributed by atoms with Crippen LogP contribution in [0.25, 0.3) is 0 Å². The summed E-state index contributed by atoms with van der Waals surface area (Å²) in [6, 6.07) is 0.806. The second-order valence-corrected chi connectivity index (χ2v) is 5.49. The molecule has 0 aromatic heterocycles. The number of hydrogen-bond acceptors (Lipinski definition) is 2. The lowest BCUT2D eigenvalue weighted by Gasteiger charge is -2.32. The van der Waals surface area contributed by atoms with E-state index in [1.807, 2.05) is 0 Å². The number of rotatable bonds is 3. The van der Waals surface area contributed by atoms with Crippen molar-refractivity contribution in [1.29, 1.82) is 0 Å². The van der Waals surface area contributed by atoms with Crippen molar-refractivity contribution in [3.8, 4) is 0 Å². The van der Waals surface area contributed by atoms with Gasteiger partial charge >= 0.3 is 0 Å². The molecule has 15 heavy (non-hydrogen) atoms. The molecule has 1 saturated carbocycles. The summed E-state index contributed by atoms with van der Waals surface area (Å²) in [5, 5.41) is 7.29. The zero-order chi connectivity index (χ0) is 10.5. The van der Waals surface area contributed by atoms with Crippen LogP contribution in [0.2, 0.25) is 0 Å². The van der Waals surface area contributed by atoms with Crippen molar-refractivity contribution in [3.05, 3.63) is 0 Å². The Hall–Kier alpha value is -0.0800. The quantitative estimate of drug-likeness (QED) is 0.746. The maximum Gasteiger partial charge on any atom is 0.00928 e. The Balaban J connectivity index is 1.67. The van der Waals surface area contributed by atoms with Crippen LogP contribution in [0.15, 0.2) is 0 Å². The molecule has 0 aromatic rings. The fourth-order valence-electron chi connectivity index (χ4n) is 3.04. The summed E-state index contributed by atoms with van der Waals surface area (Å²) < 4.78 is 0. The summed E-state index contributed by atoms with van der Waals surface area (Å²) >= 11 is 0. The molecular weight excluding hydrogens is 184 g/mol. The molecule has 0 aromatic carbocycles. The van der Waals surface area contributed by atoms with E-state index in [-0.39, 0.29) is 0 Å². The summed E-state index contributed by atoms with van der Waals surface area (Å²) in [5.41, 5.74) is 0. The van der Waals surface area contributed by atoms with Gasteiger partial charge < -0.3 is 10.6 Å². The van der Waals surface area contributed by atoms with Crippen LogP contribution in [0.1, 0.15) is 45.4 Å². The zero-order valence-corrected chi connectivity index (χ0v) is 10.1. The first-order valence-electron chi connectivity index (χ1n) is 6.80. The molecule has 2 aliphatic rings. The van der Waals surface area contributed by atoms with E-state index >= 15 is 0 Å². The summed E-state index contributed by atoms with van der Waals surface area (Å²) in [6.07, 6.45) is 8.50. The number of piperidine rings is 1. The lowest BCUT2D eigenvalue weighted by Crippen LogP contribution is -2.43. The van der Waals surface area contributed by atoms with E-state index in [1.165, 1.54) is 58.2 Å². The van der Waals surface area contributed by atoms with Gasteiger partial charge in [0.1, 0.15) is 0 Å². The maximum atomic E-state index is 3.80. The van der Waals surface area contributed by atoms with Gasteiger partial charge in [-0.05, 0) is 57.2 Å². The minimum absolute atomic E-state index is 0.806. The maximum absolute atomic E-state index is 3.80. The summed E-state index contributed by atoms with van der Waals surface area (Å²) in [6.45, 7) is 6.11. The van der Waals surface area contributed by atoms with Crippen molar-refractivity contribution in [2.45, 2.75) is 51.5 Å². The third-order valence-electron chi connectivity index (χ3n) is 4.18. The molecule has 2 N–H and O–H groups in total. The second-order valence-electron chi connectivity index (χ2n) is 5.49. The monoisotopic (exact) mass is 210 g/mol. The Morgan fingerprint density at radius 3 is 2.73 bits per heavy atom. The summed E-state index contributed by atoms with van der Waals surface area (Å²) in [7, 11) is 0. The number of hydrogen-bond donors (Lipinski definition) is 2. The highest BCUT2D eigenvalue weighted by Gasteiger charge is 2.22. The first kappa shape index (κ1) is 11.4. The van der Waals surface area contributed by atoms with Crippen molar-refractivity contribution >= 4 is 0 Å². The SMILES string of the molecule is CC1CCCCC1NCC1CCCNC1. The predicted octanol–water partition coefficient (Wildman–Crippen LogP) is 2.15. The van der Waals surface area contributed by atoms with E-state index < -0.39 is 0 Å². The van der Waals surface area contributed by atoms with Crippen molar-refractivity contribution in [3.63, 3.8) is 0 Å². The van der Waals surface area contributed by atoms with E-state index in [0.29, 0.717) is 0 Å². The molecule has 3 unspecified atom stereocenters. The Morgan fingerprint density at radius 1 is 1.13 bits per heavy atom. The molecule has 1 aliphatic heterocycles. The van der Waals surface area contributed by atoms with Crippen LogP contribution in [0.4, 0.5) is 0 Å². The lowest BCUT2D eigenvalue weighted by molar-refractivity contribution is 0.256. The highest BCUT2D eigenvalue weighted by atomic mass is 14.9. The third-order valence-corrected chi connectivity index (χ3v) is 4.18. The summed E-state index contributed by atoms with van der Waals surface area (Å²) in [5.74, 6) is 1.78. The van der Waals surface area contributed by atoms with Gasteiger partial charge in [0.15, 0.2) is 0 Å². The predicted molar refractivity (Wildman–Crippen MR) is 65.0 cm³/mol. The van der Waals surface area contributed by atoms with Crippen LogP contribution in [0.3, 0.4) is 0 Å². The average Bonchev–Trinajstić information content (AvgIpc) is 2.29. The van der Waals surface area contributed by atoms with Crippen molar-refractivity contribution in [1.82, 2.24) is 10.6 Å². The molecule has 0 spiro atoms. The Kier molecular flexibility index (Phi) is 4.45. The Labute approximate surface area is 94.2 Å². The first-order valence-corrected chi connectivity index (χ1v) is 6.80. The van der Waals surface area contributed by atoms with Gasteiger partial charge in [0, 0.05) is 6.04 Å². The molecule has 0 radical (unpaired) electrons. The van der Waals surface area contributed by atoms with E-state index in [1.54, 1.807) is 0 Å². The standard InChI is InChI=1S/C13H26N2/c1-11-5-2-3-7-13(11)15-10-12-6-4-8-14-9-12/h11-15H,2-10H2,1H3. The molecule has 3 atom stereocenters. The van der Waals surface area contributed by atoms with E-state index in [4.69, 9.17) is 0 Å². The van der Waals surface area contributed by atoms with Gasteiger partial charge in [0.2, 0.25) is 0 Å². The van der Waals surface area contributed by atoms with Gasteiger partial charge in [-0.2, -0.15) is 0 Å².